The molecule has 1 aromatic carbocycles. The van der Waals surface area contributed by atoms with Crippen molar-refractivity contribution in [2.75, 3.05) is 19.7 Å². The van der Waals surface area contributed by atoms with Gasteiger partial charge in [0, 0.05) is 19.1 Å². The molecule has 1 saturated carbocycles. The third-order valence-electron chi connectivity index (χ3n) is 4.72. The minimum Gasteiger partial charge on any atom is -0.488 e. The molecule has 2 aliphatic rings. The van der Waals surface area contributed by atoms with Crippen molar-refractivity contribution in [3.8, 4) is 5.75 Å². The fourth-order valence-corrected chi connectivity index (χ4v) is 5.01. The van der Waals surface area contributed by atoms with Crippen LogP contribution in [-0.2, 0) is 10.0 Å². The summed E-state index contributed by atoms with van der Waals surface area (Å²) in [7, 11) is -3.58. The molecule has 24 heavy (non-hydrogen) atoms. The average Bonchev–Trinajstić information content (AvgIpc) is 3.09. The minimum absolute atomic E-state index is 0. The smallest absolute Gasteiger partial charge is 0.272 e. The van der Waals surface area contributed by atoms with Crippen LogP contribution in [0.15, 0.2) is 29.2 Å². The predicted octanol–water partition coefficient (Wildman–Crippen LogP) is 2.11. The summed E-state index contributed by atoms with van der Waals surface area (Å²) < 4.78 is 55.9. The van der Waals surface area contributed by atoms with Crippen molar-refractivity contribution in [1.29, 1.82) is 0 Å². The lowest BCUT2D eigenvalue weighted by atomic mass is 9.98. The van der Waals surface area contributed by atoms with E-state index in [-0.39, 0.29) is 35.0 Å². The number of ether oxygens (including phenoxy) is 1. The fraction of sp³-hybridized carbons (Fsp3) is 0.600. The number of rotatable bonds is 5. The molecule has 3 atom stereocenters. The van der Waals surface area contributed by atoms with Crippen molar-refractivity contribution in [2.24, 2.45) is 17.6 Å². The predicted molar refractivity (Wildman–Crippen MR) is 88.1 cm³/mol. The lowest BCUT2D eigenvalue weighted by Gasteiger charge is -2.18. The van der Waals surface area contributed by atoms with Gasteiger partial charge in [-0.3, -0.25) is 0 Å². The third kappa shape index (κ3) is 3.82. The molecule has 0 aromatic heterocycles. The summed E-state index contributed by atoms with van der Waals surface area (Å²) in [5, 5.41) is 0. The van der Waals surface area contributed by atoms with Crippen LogP contribution in [0.4, 0.5) is 8.78 Å². The van der Waals surface area contributed by atoms with E-state index in [1.165, 1.54) is 28.6 Å². The van der Waals surface area contributed by atoms with E-state index in [1.807, 2.05) is 0 Å². The minimum atomic E-state index is -3.58. The van der Waals surface area contributed by atoms with Crippen LogP contribution < -0.4 is 10.5 Å². The monoisotopic (exact) mass is 382 g/mol. The molecule has 1 saturated heterocycles. The molecule has 0 spiro atoms. The molecule has 3 unspecified atom stereocenters. The van der Waals surface area contributed by atoms with Crippen LogP contribution in [0.1, 0.15) is 12.8 Å². The lowest BCUT2D eigenvalue weighted by Crippen LogP contribution is -2.33. The van der Waals surface area contributed by atoms with E-state index >= 15 is 0 Å². The van der Waals surface area contributed by atoms with Crippen molar-refractivity contribution in [2.45, 2.75) is 30.2 Å². The summed E-state index contributed by atoms with van der Waals surface area (Å²) >= 11 is 0. The third-order valence-corrected chi connectivity index (χ3v) is 6.56. The molecule has 5 nitrogen and oxygen atoms in total. The van der Waals surface area contributed by atoms with Gasteiger partial charge in [-0.1, -0.05) is 0 Å². The van der Waals surface area contributed by atoms with Gasteiger partial charge in [0.05, 0.1) is 4.90 Å². The second-order valence-corrected chi connectivity index (χ2v) is 8.10. The molecule has 1 aliphatic heterocycles. The van der Waals surface area contributed by atoms with Crippen LogP contribution in [0.2, 0.25) is 0 Å². The van der Waals surface area contributed by atoms with Crippen molar-refractivity contribution >= 4 is 22.4 Å². The van der Waals surface area contributed by atoms with E-state index < -0.39 is 23.1 Å². The van der Waals surface area contributed by atoms with Gasteiger partial charge >= 0.3 is 0 Å². The maximum Gasteiger partial charge on any atom is 0.272 e. The van der Waals surface area contributed by atoms with Crippen LogP contribution in [0.5, 0.6) is 5.75 Å². The van der Waals surface area contributed by atoms with Crippen molar-refractivity contribution in [1.82, 2.24) is 4.31 Å². The van der Waals surface area contributed by atoms with E-state index in [4.69, 9.17) is 10.5 Å². The Morgan fingerprint density at radius 2 is 1.88 bits per heavy atom. The molecule has 2 N–H and O–H groups in total. The van der Waals surface area contributed by atoms with Crippen molar-refractivity contribution in [3.05, 3.63) is 24.3 Å². The Kier molecular flexibility index (Phi) is 6.06. The molecular weight excluding hydrogens is 362 g/mol. The number of hydrogen-bond donors (Lipinski definition) is 1. The zero-order chi connectivity index (χ0) is 16.6. The Labute approximate surface area is 146 Å². The van der Waals surface area contributed by atoms with Crippen molar-refractivity contribution in [3.63, 3.8) is 0 Å². The maximum atomic E-state index is 12.7. The van der Waals surface area contributed by atoms with Gasteiger partial charge < -0.3 is 10.5 Å². The molecule has 3 rings (SSSR count). The topological polar surface area (TPSA) is 72.6 Å². The first kappa shape index (κ1) is 19.4. The summed E-state index contributed by atoms with van der Waals surface area (Å²) in [6.45, 7) is 0.252. The Bertz CT molecular complexity index is 657. The molecular formula is C15H21ClF2N2O3S. The average molecular weight is 383 g/mol. The molecule has 0 radical (unpaired) electrons. The second-order valence-electron chi connectivity index (χ2n) is 6.16. The highest BCUT2D eigenvalue weighted by Crippen LogP contribution is 2.39. The van der Waals surface area contributed by atoms with Crippen LogP contribution in [0, 0.1) is 11.8 Å². The molecule has 1 aliphatic carbocycles. The quantitative estimate of drug-likeness (QED) is 0.846. The van der Waals surface area contributed by atoms with E-state index in [1.54, 1.807) is 0 Å². The van der Waals surface area contributed by atoms with E-state index in [9.17, 15) is 17.2 Å². The Balaban J connectivity index is 0.00000208. The van der Waals surface area contributed by atoms with Crippen molar-refractivity contribution < 1.29 is 21.9 Å². The molecule has 2 fully saturated rings. The summed E-state index contributed by atoms with van der Waals surface area (Å²) in [6.07, 6.45) is -0.635. The fourth-order valence-electron chi connectivity index (χ4n) is 3.48. The Hall–Kier alpha value is -0.960. The molecule has 136 valence electrons. The number of nitrogens with two attached hydrogens (primary N) is 1. The van der Waals surface area contributed by atoms with Crippen LogP contribution >= 0.6 is 12.4 Å². The van der Waals surface area contributed by atoms with Gasteiger partial charge in [-0.15, -0.1) is 12.4 Å². The van der Waals surface area contributed by atoms with E-state index in [2.05, 4.69) is 0 Å². The number of sulfonamides is 1. The van der Waals surface area contributed by atoms with Gasteiger partial charge in [-0.2, -0.15) is 4.31 Å². The highest BCUT2D eigenvalue weighted by atomic mass is 35.5. The standard InChI is InChI=1S/C15H20F2N2O3S.ClH/c16-15(17)9-22-11-2-4-12(5-3-11)23(20,21)19-7-10-1-6-14(18)13(10)8-19;/h2-5,10,13-15H,1,6-9,18H2;1H. The Morgan fingerprint density at radius 3 is 2.46 bits per heavy atom. The largest absolute Gasteiger partial charge is 0.488 e. The summed E-state index contributed by atoms with van der Waals surface area (Å²) in [6, 6.07) is 5.66. The van der Waals surface area contributed by atoms with Gasteiger partial charge in [0.2, 0.25) is 10.0 Å². The van der Waals surface area contributed by atoms with E-state index in [0.717, 1.165) is 12.8 Å². The number of halogens is 3. The molecule has 1 aromatic rings. The van der Waals surface area contributed by atoms with Crippen LogP contribution in [-0.4, -0.2) is 44.9 Å². The van der Waals surface area contributed by atoms with E-state index in [0.29, 0.717) is 19.0 Å². The number of nitrogens with zero attached hydrogens (tertiary/aromatic N) is 1. The normalized spacial score (nSPS) is 27.1. The highest BCUT2D eigenvalue weighted by molar-refractivity contribution is 7.89. The van der Waals surface area contributed by atoms with Crippen LogP contribution in [0.25, 0.3) is 0 Å². The lowest BCUT2D eigenvalue weighted by molar-refractivity contribution is 0.0819. The second kappa shape index (κ2) is 7.51. The van der Waals surface area contributed by atoms with Gasteiger partial charge in [-0.05, 0) is 48.9 Å². The maximum absolute atomic E-state index is 12.7. The first-order valence-electron chi connectivity index (χ1n) is 7.64. The summed E-state index contributed by atoms with van der Waals surface area (Å²) in [5.74, 6) is 0.802. The number of benzene rings is 1. The number of hydrogen-bond acceptors (Lipinski definition) is 4. The molecule has 1 heterocycles. The van der Waals surface area contributed by atoms with Gasteiger partial charge in [0.15, 0.2) is 0 Å². The number of fused-ring (bicyclic) bond motifs is 1. The van der Waals surface area contributed by atoms with Gasteiger partial charge in [0.25, 0.3) is 6.43 Å². The Morgan fingerprint density at radius 1 is 1.21 bits per heavy atom. The molecule has 0 amide bonds. The SMILES string of the molecule is Cl.NC1CCC2CN(S(=O)(=O)c3ccc(OCC(F)F)cc3)CC12. The van der Waals surface area contributed by atoms with Gasteiger partial charge in [0.1, 0.15) is 12.4 Å². The zero-order valence-electron chi connectivity index (χ0n) is 13.0. The first-order chi connectivity index (χ1) is 10.9. The van der Waals surface area contributed by atoms with Crippen LogP contribution in [0.3, 0.4) is 0 Å². The highest BCUT2D eigenvalue weighted by Gasteiger charge is 2.44. The molecule has 0 bridgehead atoms. The summed E-state index contributed by atoms with van der Waals surface area (Å²) in [4.78, 5) is 0.149. The van der Waals surface area contributed by atoms with Gasteiger partial charge in [-0.25, -0.2) is 17.2 Å². The molecule has 9 heteroatoms. The summed E-state index contributed by atoms with van der Waals surface area (Å²) in [5.41, 5.74) is 6.04. The first-order valence-corrected chi connectivity index (χ1v) is 9.08. The number of alkyl halides is 2. The zero-order valence-corrected chi connectivity index (χ0v) is 14.6.